The van der Waals surface area contributed by atoms with Crippen LogP contribution >= 0.6 is 0 Å². The summed E-state index contributed by atoms with van der Waals surface area (Å²) in [4.78, 5) is 24.6. The quantitative estimate of drug-likeness (QED) is 0.843. The Morgan fingerprint density at radius 3 is 2.05 bits per heavy atom. The topological polar surface area (TPSA) is 76.1 Å². The third-order valence-electron chi connectivity index (χ3n) is 2.70. The molecule has 1 rings (SSSR count). The minimum Gasteiger partial charge on any atom is -0.480 e. The van der Waals surface area contributed by atoms with E-state index in [4.69, 9.17) is 9.47 Å². The van der Waals surface area contributed by atoms with E-state index in [1.807, 2.05) is 20.8 Å². The summed E-state index contributed by atoms with van der Waals surface area (Å²) in [6, 6.07) is -0.891. The Balaban J connectivity index is 2.78. The highest BCUT2D eigenvalue weighted by molar-refractivity contribution is 5.81. The summed E-state index contributed by atoms with van der Waals surface area (Å²) >= 11 is 0. The molecule has 1 saturated heterocycles. The molecular weight excluding hydrogens is 262 g/mol. The van der Waals surface area contributed by atoms with Gasteiger partial charge < -0.3 is 14.6 Å². The molecule has 6 nitrogen and oxygen atoms in total. The first-order valence-electron chi connectivity index (χ1n) is 6.79. The molecule has 0 spiro atoms. The van der Waals surface area contributed by atoms with Crippen molar-refractivity contribution in [1.82, 2.24) is 4.90 Å². The molecule has 0 aliphatic carbocycles. The molecule has 0 bridgehead atoms. The first-order chi connectivity index (χ1) is 8.89. The summed E-state index contributed by atoms with van der Waals surface area (Å²) in [6.07, 6.45) is -0.611. The Hall–Kier alpha value is -1.30. The van der Waals surface area contributed by atoms with E-state index in [2.05, 4.69) is 0 Å². The van der Waals surface area contributed by atoms with Crippen molar-refractivity contribution in [1.29, 1.82) is 0 Å². The summed E-state index contributed by atoms with van der Waals surface area (Å²) in [5, 5.41) is 9.24. The predicted octanol–water partition coefficient (Wildman–Crippen LogP) is 2.26. The minimum absolute atomic E-state index is 0.239. The molecule has 0 aromatic carbocycles. The molecule has 1 N–H and O–H groups in total. The van der Waals surface area contributed by atoms with Gasteiger partial charge in [-0.1, -0.05) is 0 Å². The number of ether oxygens (including phenoxy) is 2. The zero-order valence-electron chi connectivity index (χ0n) is 13.1. The van der Waals surface area contributed by atoms with Crippen molar-refractivity contribution in [3.8, 4) is 0 Å². The predicted molar refractivity (Wildman–Crippen MR) is 73.6 cm³/mol. The third-order valence-corrected chi connectivity index (χ3v) is 2.70. The van der Waals surface area contributed by atoms with Gasteiger partial charge in [-0.15, -0.1) is 0 Å². The standard InChI is InChI=1S/C14H25NO5/c1-13(2,3)19-9-7-10(11(16)17)15(8-9)12(18)20-14(4,5)6/h9-10H,7-8H2,1-6H3,(H,16,17)/t9-,10+/m0/s1. The Labute approximate surface area is 120 Å². The number of amides is 1. The van der Waals surface area contributed by atoms with Crippen LogP contribution in [0.4, 0.5) is 4.79 Å². The molecule has 1 aliphatic heterocycles. The van der Waals surface area contributed by atoms with Crippen LogP contribution in [-0.2, 0) is 14.3 Å². The van der Waals surface area contributed by atoms with Gasteiger partial charge in [-0.25, -0.2) is 9.59 Å². The lowest BCUT2D eigenvalue weighted by molar-refractivity contribution is -0.142. The lowest BCUT2D eigenvalue weighted by atomic mass is 10.1. The minimum atomic E-state index is -1.03. The van der Waals surface area contributed by atoms with Gasteiger partial charge in [0.05, 0.1) is 18.2 Å². The zero-order chi connectivity index (χ0) is 15.7. The largest absolute Gasteiger partial charge is 0.480 e. The Morgan fingerprint density at radius 1 is 1.10 bits per heavy atom. The van der Waals surface area contributed by atoms with Crippen LogP contribution in [0.1, 0.15) is 48.0 Å². The molecule has 0 radical (unpaired) electrons. The van der Waals surface area contributed by atoms with Crippen molar-refractivity contribution >= 4 is 12.1 Å². The molecular formula is C14H25NO5. The number of carboxylic acids is 1. The van der Waals surface area contributed by atoms with Crippen molar-refractivity contribution < 1.29 is 24.2 Å². The van der Waals surface area contributed by atoms with E-state index < -0.39 is 23.7 Å². The van der Waals surface area contributed by atoms with Crippen molar-refractivity contribution in [3.63, 3.8) is 0 Å². The van der Waals surface area contributed by atoms with Crippen LogP contribution in [0.25, 0.3) is 0 Å². The number of hydrogen-bond acceptors (Lipinski definition) is 4. The number of carbonyl (C=O) groups is 2. The van der Waals surface area contributed by atoms with Crippen LogP contribution in [0.2, 0.25) is 0 Å². The second-order valence-corrected chi connectivity index (χ2v) is 7.07. The third kappa shape index (κ3) is 5.00. The molecule has 0 saturated carbocycles. The highest BCUT2D eigenvalue weighted by Crippen LogP contribution is 2.26. The van der Waals surface area contributed by atoms with Gasteiger partial charge in [-0.3, -0.25) is 4.90 Å². The average molecular weight is 287 g/mol. The molecule has 20 heavy (non-hydrogen) atoms. The van der Waals surface area contributed by atoms with E-state index in [9.17, 15) is 14.7 Å². The Bertz CT molecular complexity index is 380. The van der Waals surface area contributed by atoms with Crippen LogP contribution in [-0.4, -0.2) is 52.0 Å². The summed E-state index contributed by atoms with van der Waals surface area (Å²) in [5.41, 5.74) is -1.03. The molecule has 0 aromatic heterocycles. The van der Waals surface area contributed by atoms with E-state index in [1.165, 1.54) is 4.90 Å². The molecule has 1 fully saturated rings. The first kappa shape index (κ1) is 16.8. The van der Waals surface area contributed by atoms with Crippen LogP contribution in [0.5, 0.6) is 0 Å². The van der Waals surface area contributed by atoms with Crippen LogP contribution in [0, 0.1) is 0 Å². The van der Waals surface area contributed by atoms with Crippen molar-refractivity contribution in [2.24, 2.45) is 0 Å². The maximum atomic E-state index is 12.1. The lowest BCUT2D eigenvalue weighted by Gasteiger charge is -2.27. The molecule has 0 aromatic rings. The van der Waals surface area contributed by atoms with Gasteiger partial charge in [-0.2, -0.15) is 0 Å². The van der Waals surface area contributed by atoms with Gasteiger partial charge in [0.25, 0.3) is 0 Å². The van der Waals surface area contributed by atoms with E-state index in [1.54, 1.807) is 20.8 Å². The number of aliphatic carboxylic acids is 1. The highest BCUT2D eigenvalue weighted by Gasteiger charge is 2.43. The zero-order valence-corrected chi connectivity index (χ0v) is 13.1. The second-order valence-electron chi connectivity index (χ2n) is 7.07. The smallest absolute Gasteiger partial charge is 0.411 e. The molecule has 1 heterocycles. The van der Waals surface area contributed by atoms with E-state index in [-0.39, 0.29) is 24.7 Å². The van der Waals surface area contributed by atoms with E-state index in [0.717, 1.165) is 0 Å². The van der Waals surface area contributed by atoms with Gasteiger partial charge in [0.1, 0.15) is 11.6 Å². The fourth-order valence-electron chi connectivity index (χ4n) is 2.14. The van der Waals surface area contributed by atoms with Crippen LogP contribution < -0.4 is 0 Å². The molecule has 116 valence electrons. The Morgan fingerprint density at radius 2 is 1.65 bits per heavy atom. The molecule has 1 amide bonds. The van der Waals surface area contributed by atoms with Gasteiger partial charge >= 0.3 is 12.1 Å². The number of carbonyl (C=O) groups excluding carboxylic acids is 1. The van der Waals surface area contributed by atoms with Crippen molar-refractivity contribution in [2.75, 3.05) is 6.54 Å². The maximum absolute atomic E-state index is 12.1. The van der Waals surface area contributed by atoms with E-state index in [0.29, 0.717) is 0 Å². The maximum Gasteiger partial charge on any atom is 0.411 e. The monoisotopic (exact) mass is 287 g/mol. The van der Waals surface area contributed by atoms with Gasteiger partial charge in [0, 0.05) is 6.42 Å². The molecule has 2 atom stereocenters. The summed E-state index contributed by atoms with van der Waals surface area (Å²) < 4.78 is 11.0. The summed E-state index contributed by atoms with van der Waals surface area (Å²) in [7, 11) is 0. The molecule has 6 heteroatoms. The van der Waals surface area contributed by atoms with Gasteiger partial charge in [0.2, 0.25) is 0 Å². The molecule has 0 unspecified atom stereocenters. The summed E-state index contributed by atoms with van der Waals surface area (Å²) in [6.45, 7) is 11.2. The van der Waals surface area contributed by atoms with Gasteiger partial charge in [0.15, 0.2) is 0 Å². The normalized spacial score (nSPS) is 23.8. The summed E-state index contributed by atoms with van der Waals surface area (Å²) in [5.74, 6) is -1.03. The van der Waals surface area contributed by atoms with E-state index >= 15 is 0 Å². The number of nitrogens with zero attached hydrogens (tertiary/aromatic N) is 1. The number of carboxylic acid groups (broad SMARTS) is 1. The van der Waals surface area contributed by atoms with Crippen molar-refractivity contribution in [2.45, 2.75) is 71.3 Å². The van der Waals surface area contributed by atoms with Gasteiger partial charge in [-0.05, 0) is 41.5 Å². The number of hydrogen-bond donors (Lipinski definition) is 1. The van der Waals surface area contributed by atoms with Crippen molar-refractivity contribution in [3.05, 3.63) is 0 Å². The lowest BCUT2D eigenvalue weighted by Crippen LogP contribution is -2.43. The number of likely N-dealkylation sites (tertiary alicyclic amines) is 1. The fraction of sp³-hybridized carbons (Fsp3) is 0.857. The van der Waals surface area contributed by atoms with Crippen LogP contribution in [0.15, 0.2) is 0 Å². The number of rotatable bonds is 2. The van der Waals surface area contributed by atoms with Crippen LogP contribution in [0.3, 0.4) is 0 Å². The fourth-order valence-corrected chi connectivity index (χ4v) is 2.14. The molecule has 1 aliphatic rings. The SMILES string of the molecule is CC(C)(C)OC(=O)N1C[C@@H](OC(C)(C)C)C[C@@H]1C(=O)O. The second kappa shape index (κ2) is 5.60. The Kier molecular flexibility index (Phi) is 4.69. The highest BCUT2D eigenvalue weighted by atomic mass is 16.6. The average Bonchev–Trinajstić information content (AvgIpc) is 2.56. The first-order valence-corrected chi connectivity index (χ1v) is 6.79.